The zero-order valence-corrected chi connectivity index (χ0v) is 21.0. The molecule has 6 N–H and O–H groups in total. The lowest BCUT2D eigenvalue weighted by Gasteiger charge is -2.39. The molecule has 1 heterocycles. The van der Waals surface area contributed by atoms with Gasteiger partial charge >= 0.3 is 0 Å². The summed E-state index contributed by atoms with van der Waals surface area (Å²) in [4.78, 5) is 35.8. The van der Waals surface area contributed by atoms with Gasteiger partial charge in [-0.15, -0.1) is 0 Å². The first-order valence-electron chi connectivity index (χ1n) is 12.7. The van der Waals surface area contributed by atoms with E-state index in [0.29, 0.717) is 38.6 Å². The minimum absolute atomic E-state index is 0.0467. The van der Waals surface area contributed by atoms with Crippen molar-refractivity contribution in [3.05, 3.63) is 0 Å². The standard InChI is InChI=1S/C24H44N2O9/c1-3-4-5-11-19(29)25-13-8-6-10-17(16(2)28)26-20(30)12-7-9-14-34-24-23(33)22(32)21(31)18(15-27)35-24/h17-18,21-24,27,31-33H,3-15H2,1-2H3,(H,25,29)(H,26,30)/t17-,18?,21?,22?,23?,24?/m1/s1. The van der Waals surface area contributed by atoms with Crippen LogP contribution < -0.4 is 10.6 Å². The van der Waals surface area contributed by atoms with E-state index in [2.05, 4.69) is 17.6 Å². The average molecular weight is 505 g/mol. The van der Waals surface area contributed by atoms with Crippen molar-refractivity contribution in [1.82, 2.24) is 10.6 Å². The predicted octanol–water partition coefficient (Wildman–Crippen LogP) is -0.0862. The van der Waals surface area contributed by atoms with Crippen LogP contribution in [0.5, 0.6) is 0 Å². The van der Waals surface area contributed by atoms with Gasteiger partial charge in [0.1, 0.15) is 24.4 Å². The predicted molar refractivity (Wildman–Crippen MR) is 127 cm³/mol. The van der Waals surface area contributed by atoms with Gasteiger partial charge in [-0.25, -0.2) is 0 Å². The molecule has 1 saturated heterocycles. The molecular weight excluding hydrogens is 460 g/mol. The van der Waals surface area contributed by atoms with Crippen LogP contribution in [0.4, 0.5) is 0 Å². The van der Waals surface area contributed by atoms with Gasteiger partial charge in [0, 0.05) is 26.0 Å². The van der Waals surface area contributed by atoms with Crippen LogP contribution in [-0.4, -0.2) is 94.5 Å². The summed E-state index contributed by atoms with van der Waals surface area (Å²) >= 11 is 0. The number of aliphatic hydroxyl groups is 4. The summed E-state index contributed by atoms with van der Waals surface area (Å²) < 4.78 is 10.7. The number of carbonyl (C=O) groups excluding carboxylic acids is 3. The molecule has 1 aliphatic rings. The van der Waals surface area contributed by atoms with Crippen molar-refractivity contribution in [3.8, 4) is 0 Å². The molecule has 0 saturated carbocycles. The molecule has 0 aliphatic carbocycles. The average Bonchev–Trinajstić information content (AvgIpc) is 2.82. The number of rotatable bonds is 18. The Morgan fingerprint density at radius 3 is 2.26 bits per heavy atom. The quantitative estimate of drug-likeness (QED) is 0.139. The van der Waals surface area contributed by atoms with Gasteiger partial charge in [-0.3, -0.25) is 14.4 Å². The number of ether oxygens (including phenoxy) is 2. The number of aliphatic hydroxyl groups excluding tert-OH is 4. The SMILES string of the molecule is CCCCCC(=O)NCCCC[C@@H](NC(=O)CCCCOC1OC(CO)C(O)C(O)C1O)C(C)=O. The normalized spacial score (nSPS) is 25.1. The van der Waals surface area contributed by atoms with Gasteiger partial charge in [0.15, 0.2) is 12.1 Å². The fourth-order valence-corrected chi connectivity index (χ4v) is 3.76. The molecule has 1 fully saturated rings. The van der Waals surface area contributed by atoms with E-state index in [9.17, 15) is 34.8 Å². The van der Waals surface area contributed by atoms with Crippen molar-refractivity contribution in [1.29, 1.82) is 0 Å². The number of amides is 2. The molecule has 1 rings (SSSR count). The molecule has 0 aromatic carbocycles. The maximum atomic E-state index is 12.2. The lowest BCUT2D eigenvalue weighted by Crippen LogP contribution is -2.59. The molecule has 6 atom stereocenters. The molecule has 0 spiro atoms. The molecule has 0 aromatic heterocycles. The minimum atomic E-state index is -1.50. The van der Waals surface area contributed by atoms with E-state index in [1.54, 1.807) is 0 Å². The summed E-state index contributed by atoms with van der Waals surface area (Å²) in [5, 5.41) is 44.3. The van der Waals surface area contributed by atoms with E-state index in [-0.39, 0.29) is 30.6 Å². The number of ketones is 1. The Kier molecular flexibility index (Phi) is 15.9. The molecule has 11 heteroatoms. The number of hydrogen-bond acceptors (Lipinski definition) is 9. The Bertz CT molecular complexity index is 632. The van der Waals surface area contributed by atoms with Gasteiger partial charge in [-0.1, -0.05) is 19.8 Å². The Hall–Kier alpha value is -1.63. The molecule has 11 nitrogen and oxygen atoms in total. The van der Waals surface area contributed by atoms with Crippen molar-refractivity contribution >= 4 is 17.6 Å². The molecule has 2 amide bonds. The molecule has 1 aliphatic heterocycles. The Morgan fingerprint density at radius 1 is 0.914 bits per heavy atom. The van der Waals surface area contributed by atoms with Gasteiger partial charge in [0.05, 0.1) is 12.6 Å². The maximum Gasteiger partial charge on any atom is 0.220 e. The highest BCUT2D eigenvalue weighted by atomic mass is 16.7. The molecule has 0 radical (unpaired) electrons. The van der Waals surface area contributed by atoms with Crippen LogP contribution >= 0.6 is 0 Å². The third-order valence-corrected chi connectivity index (χ3v) is 6.00. The van der Waals surface area contributed by atoms with E-state index < -0.39 is 43.4 Å². The van der Waals surface area contributed by atoms with Crippen molar-refractivity contribution in [2.75, 3.05) is 19.8 Å². The Morgan fingerprint density at radius 2 is 1.60 bits per heavy atom. The number of unbranched alkanes of at least 4 members (excludes halogenated alkanes) is 4. The van der Waals surface area contributed by atoms with E-state index >= 15 is 0 Å². The summed E-state index contributed by atoms with van der Waals surface area (Å²) in [6.07, 6.45) is -0.0235. The summed E-state index contributed by atoms with van der Waals surface area (Å²) in [5.74, 6) is -0.319. The van der Waals surface area contributed by atoms with Gasteiger partial charge in [0.2, 0.25) is 11.8 Å². The zero-order chi connectivity index (χ0) is 26.2. The second-order valence-corrected chi connectivity index (χ2v) is 9.06. The minimum Gasteiger partial charge on any atom is -0.394 e. The van der Waals surface area contributed by atoms with Crippen LogP contribution in [0.3, 0.4) is 0 Å². The number of carbonyl (C=O) groups is 3. The van der Waals surface area contributed by atoms with Crippen LogP contribution in [0.25, 0.3) is 0 Å². The first-order chi connectivity index (χ1) is 16.7. The zero-order valence-electron chi connectivity index (χ0n) is 21.0. The van der Waals surface area contributed by atoms with E-state index in [4.69, 9.17) is 9.47 Å². The second-order valence-electron chi connectivity index (χ2n) is 9.06. The summed E-state index contributed by atoms with van der Waals surface area (Å²) in [5.41, 5.74) is 0. The maximum absolute atomic E-state index is 12.2. The lowest BCUT2D eigenvalue weighted by atomic mass is 9.99. The summed E-state index contributed by atoms with van der Waals surface area (Å²) in [7, 11) is 0. The Balaban J connectivity index is 2.20. The third-order valence-electron chi connectivity index (χ3n) is 6.00. The highest BCUT2D eigenvalue weighted by Gasteiger charge is 2.43. The fourth-order valence-electron chi connectivity index (χ4n) is 3.76. The van der Waals surface area contributed by atoms with Crippen molar-refractivity contribution in [2.24, 2.45) is 0 Å². The number of hydrogen-bond donors (Lipinski definition) is 6. The smallest absolute Gasteiger partial charge is 0.220 e. The van der Waals surface area contributed by atoms with Gasteiger partial charge in [0.25, 0.3) is 0 Å². The van der Waals surface area contributed by atoms with Gasteiger partial charge in [-0.2, -0.15) is 0 Å². The topological polar surface area (TPSA) is 175 Å². The van der Waals surface area contributed by atoms with Crippen LogP contribution in [0.15, 0.2) is 0 Å². The van der Waals surface area contributed by atoms with E-state index in [1.165, 1.54) is 6.92 Å². The van der Waals surface area contributed by atoms with Crippen LogP contribution in [-0.2, 0) is 23.9 Å². The first kappa shape index (κ1) is 31.4. The van der Waals surface area contributed by atoms with Crippen LogP contribution in [0.2, 0.25) is 0 Å². The van der Waals surface area contributed by atoms with Crippen LogP contribution in [0.1, 0.15) is 78.1 Å². The largest absolute Gasteiger partial charge is 0.394 e. The van der Waals surface area contributed by atoms with E-state index in [0.717, 1.165) is 25.7 Å². The monoisotopic (exact) mass is 504 g/mol. The van der Waals surface area contributed by atoms with Gasteiger partial charge in [-0.05, 0) is 45.4 Å². The number of Topliss-reactive ketones (excluding diaryl/α,β-unsaturated/α-hetero) is 1. The molecule has 5 unspecified atom stereocenters. The molecule has 204 valence electrons. The lowest BCUT2D eigenvalue weighted by molar-refractivity contribution is -0.301. The Labute approximate surface area is 207 Å². The van der Waals surface area contributed by atoms with E-state index in [1.807, 2.05) is 0 Å². The molecule has 0 bridgehead atoms. The van der Waals surface area contributed by atoms with Crippen LogP contribution in [0, 0.1) is 0 Å². The van der Waals surface area contributed by atoms with Gasteiger partial charge < -0.3 is 40.5 Å². The molecule has 0 aromatic rings. The third kappa shape index (κ3) is 12.2. The second kappa shape index (κ2) is 17.7. The van der Waals surface area contributed by atoms with Crippen molar-refractivity contribution in [2.45, 2.75) is 115 Å². The fraction of sp³-hybridized carbons (Fsp3) is 0.875. The highest BCUT2D eigenvalue weighted by Crippen LogP contribution is 2.22. The highest BCUT2D eigenvalue weighted by molar-refractivity contribution is 5.87. The number of nitrogens with one attached hydrogen (secondary N) is 2. The molecule has 35 heavy (non-hydrogen) atoms. The summed E-state index contributed by atoms with van der Waals surface area (Å²) in [6.45, 7) is 3.68. The summed E-state index contributed by atoms with van der Waals surface area (Å²) in [6, 6.07) is -0.562. The first-order valence-corrected chi connectivity index (χ1v) is 12.7. The van der Waals surface area contributed by atoms with Crippen molar-refractivity contribution in [3.63, 3.8) is 0 Å². The molecular formula is C24H44N2O9. The van der Waals surface area contributed by atoms with Crippen molar-refractivity contribution < 1.29 is 44.3 Å².